The molecule has 1 rings (SSSR count). The van der Waals surface area contributed by atoms with Crippen molar-refractivity contribution in [3.8, 4) is 11.5 Å². The summed E-state index contributed by atoms with van der Waals surface area (Å²) in [7, 11) is 1.65. The molecule has 0 saturated carbocycles. The Kier molecular flexibility index (Phi) is 8.60. The lowest BCUT2D eigenvalue weighted by Gasteiger charge is -2.11. The van der Waals surface area contributed by atoms with Crippen molar-refractivity contribution >= 4 is 0 Å². The number of ether oxygens (including phenoxy) is 3. The van der Waals surface area contributed by atoms with E-state index in [1.54, 1.807) is 7.11 Å². The third-order valence-electron chi connectivity index (χ3n) is 3.34. The number of allylic oxidation sites excluding steroid dienone is 2. The lowest BCUT2D eigenvalue weighted by Crippen LogP contribution is -2.07. The molecule has 1 aromatic carbocycles. The van der Waals surface area contributed by atoms with Crippen molar-refractivity contribution in [3.63, 3.8) is 0 Å². The molecule has 118 valence electrons. The van der Waals surface area contributed by atoms with Crippen LogP contribution in [0.4, 0.5) is 0 Å². The first-order valence-corrected chi connectivity index (χ1v) is 7.59. The minimum absolute atomic E-state index is 0.299. The smallest absolute Gasteiger partial charge is 0.189 e. The predicted octanol–water partition coefficient (Wildman–Crippen LogP) is 4.82. The summed E-state index contributed by atoms with van der Waals surface area (Å²) in [6.07, 6.45) is 5.74. The first-order chi connectivity index (χ1) is 10.1. The van der Waals surface area contributed by atoms with Crippen molar-refractivity contribution in [3.05, 3.63) is 35.9 Å². The molecular formula is C18H28O3. The van der Waals surface area contributed by atoms with E-state index in [0.717, 1.165) is 30.9 Å². The second-order valence-electron chi connectivity index (χ2n) is 5.60. The van der Waals surface area contributed by atoms with Crippen LogP contribution in [0.1, 0.15) is 40.0 Å². The molecule has 0 aliphatic heterocycles. The third-order valence-corrected chi connectivity index (χ3v) is 3.34. The van der Waals surface area contributed by atoms with Crippen LogP contribution in [0.15, 0.2) is 35.9 Å². The van der Waals surface area contributed by atoms with Crippen LogP contribution in [-0.2, 0) is 4.74 Å². The SMILES string of the molecule is COc1ccc(OCOCCC(C)CCC=C(C)C)cc1. The van der Waals surface area contributed by atoms with E-state index in [4.69, 9.17) is 14.2 Å². The number of rotatable bonds is 10. The van der Waals surface area contributed by atoms with Crippen LogP contribution >= 0.6 is 0 Å². The zero-order valence-corrected chi connectivity index (χ0v) is 13.7. The molecule has 0 aliphatic carbocycles. The highest BCUT2D eigenvalue weighted by molar-refractivity contribution is 5.30. The molecule has 21 heavy (non-hydrogen) atoms. The van der Waals surface area contributed by atoms with Crippen molar-refractivity contribution < 1.29 is 14.2 Å². The highest BCUT2D eigenvalue weighted by Crippen LogP contribution is 2.17. The topological polar surface area (TPSA) is 27.7 Å². The summed E-state index contributed by atoms with van der Waals surface area (Å²) in [6.45, 7) is 7.60. The van der Waals surface area contributed by atoms with Gasteiger partial charge in [-0.3, -0.25) is 0 Å². The van der Waals surface area contributed by atoms with E-state index in [0.29, 0.717) is 12.7 Å². The summed E-state index contributed by atoms with van der Waals surface area (Å²) in [5, 5.41) is 0. The van der Waals surface area contributed by atoms with E-state index in [2.05, 4.69) is 26.8 Å². The van der Waals surface area contributed by atoms with Crippen molar-refractivity contribution in [1.29, 1.82) is 0 Å². The average Bonchev–Trinajstić information content (AvgIpc) is 2.47. The highest BCUT2D eigenvalue weighted by atomic mass is 16.7. The molecule has 0 saturated heterocycles. The first kappa shape index (κ1) is 17.6. The van der Waals surface area contributed by atoms with Crippen LogP contribution in [0.3, 0.4) is 0 Å². The van der Waals surface area contributed by atoms with Gasteiger partial charge in [0, 0.05) is 0 Å². The quantitative estimate of drug-likeness (QED) is 0.351. The Morgan fingerprint density at radius 1 is 1.10 bits per heavy atom. The van der Waals surface area contributed by atoms with Crippen molar-refractivity contribution in [2.75, 3.05) is 20.5 Å². The summed E-state index contributed by atoms with van der Waals surface area (Å²) < 4.78 is 16.1. The van der Waals surface area contributed by atoms with Crippen molar-refractivity contribution in [2.45, 2.75) is 40.0 Å². The molecular weight excluding hydrogens is 264 g/mol. The Balaban J connectivity index is 2.06. The molecule has 0 bridgehead atoms. The van der Waals surface area contributed by atoms with Crippen molar-refractivity contribution in [2.24, 2.45) is 5.92 Å². The molecule has 1 atom stereocenters. The fourth-order valence-electron chi connectivity index (χ4n) is 1.93. The van der Waals surface area contributed by atoms with E-state index in [1.807, 2.05) is 24.3 Å². The third kappa shape index (κ3) is 8.41. The molecule has 0 amide bonds. The van der Waals surface area contributed by atoms with Gasteiger partial charge in [0.05, 0.1) is 13.7 Å². The van der Waals surface area contributed by atoms with Gasteiger partial charge in [-0.1, -0.05) is 18.6 Å². The second-order valence-corrected chi connectivity index (χ2v) is 5.60. The van der Waals surface area contributed by atoms with E-state index in [9.17, 15) is 0 Å². The van der Waals surface area contributed by atoms with Gasteiger partial charge in [0.1, 0.15) is 11.5 Å². The van der Waals surface area contributed by atoms with Crippen LogP contribution in [0, 0.1) is 5.92 Å². The van der Waals surface area contributed by atoms with Crippen LogP contribution in [0.5, 0.6) is 11.5 Å². The van der Waals surface area contributed by atoms with Gasteiger partial charge < -0.3 is 14.2 Å². The standard InChI is InChI=1S/C18H28O3/c1-15(2)6-5-7-16(3)12-13-20-14-21-18-10-8-17(19-4)9-11-18/h6,8-11,16H,5,7,12-14H2,1-4H3. The molecule has 0 fully saturated rings. The molecule has 0 spiro atoms. The predicted molar refractivity (Wildman–Crippen MR) is 86.9 cm³/mol. The molecule has 0 N–H and O–H groups in total. The maximum absolute atomic E-state index is 5.52. The summed E-state index contributed by atoms with van der Waals surface area (Å²) in [6, 6.07) is 7.51. The van der Waals surface area contributed by atoms with Gasteiger partial charge in [-0.05, 0) is 63.3 Å². The minimum Gasteiger partial charge on any atom is -0.497 e. The summed E-state index contributed by atoms with van der Waals surface area (Å²) in [5.74, 6) is 2.31. The minimum atomic E-state index is 0.299. The van der Waals surface area contributed by atoms with Gasteiger partial charge in [-0.15, -0.1) is 0 Å². The molecule has 3 nitrogen and oxygen atoms in total. The van der Waals surface area contributed by atoms with Gasteiger partial charge >= 0.3 is 0 Å². The van der Waals surface area contributed by atoms with E-state index < -0.39 is 0 Å². The summed E-state index contributed by atoms with van der Waals surface area (Å²) in [4.78, 5) is 0. The van der Waals surface area contributed by atoms with E-state index in [-0.39, 0.29) is 0 Å². The van der Waals surface area contributed by atoms with Crippen molar-refractivity contribution in [1.82, 2.24) is 0 Å². The van der Waals surface area contributed by atoms with Gasteiger partial charge in [0.25, 0.3) is 0 Å². The molecule has 0 aromatic heterocycles. The van der Waals surface area contributed by atoms with Crippen LogP contribution in [0.2, 0.25) is 0 Å². The average molecular weight is 292 g/mol. The lowest BCUT2D eigenvalue weighted by molar-refractivity contribution is 0.00975. The molecule has 3 heteroatoms. The Hall–Kier alpha value is -1.48. The fourth-order valence-corrected chi connectivity index (χ4v) is 1.93. The second kappa shape index (κ2) is 10.3. The van der Waals surface area contributed by atoms with Crippen LogP contribution in [-0.4, -0.2) is 20.5 Å². The lowest BCUT2D eigenvalue weighted by atomic mass is 10.0. The highest BCUT2D eigenvalue weighted by Gasteiger charge is 2.01. The normalized spacial score (nSPS) is 11.8. The Morgan fingerprint density at radius 3 is 2.38 bits per heavy atom. The Labute approximate surface area is 128 Å². The number of benzene rings is 1. The first-order valence-electron chi connectivity index (χ1n) is 7.59. The summed E-state index contributed by atoms with van der Waals surface area (Å²) >= 11 is 0. The van der Waals surface area contributed by atoms with E-state index in [1.165, 1.54) is 12.0 Å². The van der Waals surface area contributed by atoms with Gasteiger partial charge in [0.2, 0.25) is 0 Å². The van der Waals surface area contributed by atoms with Crippen LogP contribution in [0.25, 0.3) is 0 Å². The number of methoxy groups -OCH3 is 1. The van der Waals surface area contributed by atoms with Gasteiger partial charge in [-0.2, -0.15) is 0 Å². The monoisotopic (exact) mass is 292 g/mol. The maximum Gasteiger partial charge on any atom is 0.189 e. The molecule has 0 heterocycles. The zero-order chi connectivity index (χ0) is 15.5. The zero-order valence-electron chi connectivity index (χ0n) is 13.7. The summed E-state index contributed by atoms with van der Waals surface area (Å²) in [5.41, 5.74) is 1.39. The molecule has 0 aliphatic rings. The molecule has 1 aromatic rings. The number of hydrogen-bond acceptors (Lipinski definition) is 3. The fraction of sp³-hybridized carbons (Fsp3) is 0.556. The number of hydrogen-bond donors (Lipinski definition) is 0. The maximum atomic E-state index is 5.52. The largest absolute Gasteiger partial charge is 0.497 e. The van der Waals surface area contributed by atoms with Crippen LogP contribution < -0.4 is 9.47 Å². The molecule has 1 unspecified atom stereocenters. The van der Waals surface area contributed by atoms with Gasteiger partial charge in [-0.25, -0.2) is 0 Å². The van der Waals surface area contributed by atoms with E-state index >= 15 is 0 Å². The van der Waals surface area contributed by atoms with Gasteiger partial charge in [0.15, 0.2) is 6.79 Å². The Bertz CT molecular complexity index is 405. The Morgan fingerprint density at radius 2 is 1.76 bits per heavy atom. The molecule has 0 radical (unpaired) electrons.